The molecule has 0 saturated heterocycles. The van der Waals surface area contributed by atoms with Crippen LogP contribution in [0.1, 0.15) is 38.5 Å². The summed E-state index contributed by atoms with van der Waals surface area (Å²) >= 11 is 11.8. The normalized spacial score (nSPS) is 10.4. The lowest BCUT2D eigenvalue weighted by molar-refractivity contribution is -0.117. The number of hydrogen-bond acceptors (Lipinski definition) is 7. The van der Waals surface area contributed by atoms with Crippen LogP contribution in [-0.4, -0.2) is 53.7 Å². The fourth-order valence-electron chi connectivity index (χ4n) is 3.30. The molecule has 12 heteroatoms. The van der Waals surface area contributed by atoms with Crippen molar-refractivity contribution in [1.82, 2.24) is 14.9 Å². The van der Waals surface area contributed by atoms with Gasteiger partial charge in [0.15, 0.2) is 5.82 Å². The van der Waals surface area contributed by atoms with Gasteiger partial charge in [-0.2, -0.15) is 10.2 Å². The number of anilines is 1. The first-order valence-corrected chi connectivity index (χ1v) is 11.4. The number of nitriles is 1. The van der Waals surface area contributed by atoms with Crippen LogP contribution in [0.15, 0.2) is 42.6 Å². The number of rotatable bonds is 8. The summed E-state index contributed by atoms with van der Waals surface area (Å²) in [6.45, 7) is -0.377. The molecule has 0 spiro atoms. The Morgan fingerprint density at radius 2 is 1.86 bits per heavy atom. The summed E-state index contributed by atoms with van der Waals surface area (Å²) in [7, 11) is 4.42. The lowest BCUT2D eigenvalue weighted by Crippen LogP contribution is -2.33. The standard InChI is InChI=1S/C25H20Cl2FN5O4/c1-32(2)25(36)16-8-14(12-29)9-17(10-16)33(13-15-4-5-18(26)22(27)23(15)28)21(35)11-19(34)24-30-7-6-20(31-24)37-3/h4-10H,11,13H2,1-3H3. The highest BCUT2D eigenvalue weighted by molar-refractivity contribution is 6.42. The smallest absolute Gasteiger partial charge is 0.253 e. The predicted molar refractivity (Wildman–Crippen MR) is 134 cm³/mol. The average Bonchev–Trinajstić information content (AvgIpc) is 2.90. The van der Waals surface area contributed by atoms with E-state index in [1.807, 2.05) is 6.07 Å². The third-order valence-corrected chi connectivity index (χ3v) is 5.94. The van der Waals surface area contributed by atoms with Crippen molar-refractivity contribution in [3.05, 3.63) is 81.0 Å². The number of methoxy groups -OCH3 is 1. The lowest BCUT2D eigenvalue weighted by Gasteiger charge is -2.24. The molecule has 3 rings (SSSR count). The van der Waals surface area contributed by atoms with E-state index in [0.717, 1.165) is 4.90 Å². The molecule has 0 aliphatic rings. The van der Waals surface area contributed by atoms with Crippen molar-refractivity contribution >= 4 is 46.5 Å². The van der Waals surface area contributed by atoms with E-state index in [1.54, 1.807) is 0 Å². The zero-order valence-corrected chi connectivity index (χ0v) is 21.5. The largest absolute Gasteiger partial charge is 0.481 e. The van der Waals surface area contributed by atoms with Crippen molar-refractivity contribution < 1.29 is 23.5 Å². The number of hydrogen-bond donors (Lipinski definition) is 0. The highest BCUT2D eigenvalue weighted by atomic mass is 35.5. The Balaban J connectivity index is 2.07. The van der Waals surface area contributed by atoms with E-state index in [9.17, 15) is 24.0 Å². The summed E-state index contributed by atoms with van der Waals surface area (Å²) < 4.78 is 19.9. The molecule has 0 aliphatic heterocycles. The maximum Gasteiger partial charge on any atom is 0.253 e. The summed E-state index contributed by atoms with van der Waals surface area (Å²) in [6.07, 6.45) is 0.617. The van der Waals surface area contributed by atoms with Crippen molar-refractivity contribution in [3.63, 3.8) is 0 Å². The summed E-state index contributed by atoms with van der Waals surface area (Å²) in [5.74, 6) is -2.87. The van der Waals surface area contributed by atoms with Gasteiger partial charge in [-0.3, -0.25) is 14.4 Å². The van der Waals surface area contributed by atoms with Gasteiger partial charge in [0.05, 0.1) is 41.8 Å². The molecule has 1 heterocycles. The monoisotopic (exact) mass is 543 g/mol. The molecular formula is C25H20Cl2FN5O4. The maximum atomic E-state index is 14.9. The quantitative estimate of drug-likeness (QED) is 0.236. The van der Waals surface area contributed by atoms with E-state index in [-0.39, 0.29) is 50.7 Å². The minimum atomic E-state index is -0.851. The van der Waals surface area contributed by atoms with E-state index < -0.39 is 29.8 Å². The Hall–Kier alpha value is -4.07. The average molecular weight is 544 g/mol. The molecule has 37 heavy (non-hydrogen) atoms. The Bertz CT molecular complexity index is 1420. The third kappa shape index (κ3) is 6.39. The molecule has 3 aromatic rings. The summed E-state index contributed by atoms with van der Waals surface area (Å²) in [5, 5.41) is 9.17. The molecule has 0 bridgehead atoms. The van der Waals surface area contributed by atoms with Gasteiger partial charge >= 0.3 is 0 Å². The molecule has 2 aromatic carbocycles. The number of nitrogens with zero attached hydrogens (tertiary/aromatic N) is 5. The van der Waals surface area contributed by atoms with E-state index in [0.29, 0.717) is 0 Å². The number of ketones is 1. The number of carbonyl (C=O) groups excluding carboxylic acids is 3. The minimum absolute atomic E-state index is 0.00400. The molecule has 0 aliphatic carbocycles. The molecular weight excluding hydrogens is 524 g/mol. The second-order valence-corrected chi connectivity index (χ2v) is 8.70. The van der Waals surface area contributed by atoms with E-state index in [2.05, 4.69) is 9.97 Å². The van der Waals surface area contributed by atoms with E-state index in [1.165, 1.54) is 68.7 Å². The fraction of sp³-hybridized carbons (Fsp3) is 0.200. The fourth-order valence-corrected chi connectivity index (χ4v) is 3.63. The van der Waals surface area contributed by atoms with Gasteiger partial charge in [0.25, 0.3) is 5.91 Å². The number of benzene rings is 2. The number of halogens is 3. The lowest BCUT2D eigenvalue weighted by atomic mass is 10.1. The van der Waals surface area contributed by atoms with Crippen LogP contribution in [0.5, 0.6) is 5.88 Å². The van der Waals surface area contributed by atoms with Crippen molar-refractivity contribution in [1.29, 1.82) is 5.26 Å². The topological polar surface area (TPSA) is 116 Å². The maximum absolute atomic E-state index is 14.9. The van der Waals surface area contributed by atoms with Gasteiger partial charge in [-0.1, -0.05) is 29.3 Å². The second-order valence-electron chi connectivity index (χ2n) is 7.92. The van der Waals surface area contributed by atoms with E-state index >= 15 is 0 Å². The number of ether oxygens (including phenoxy) is 1. The molecule has 0 radical (unpaired) electrons. The molecule has 190 valence electrons. The number of carbonyl (C=O) groups is 3. The van der Waals surface area contributed by atoms with Crippen molar-refractivity contribution in [2.75, 3.05) is 26.1 Å². The number of Topliss-reactive ketones (excluding diaryl/α,β-unsaturated/α-hetero) is 1. The third-order valence-electron chi connectivity index (χ3n) is 5.16. The predicted octanol–water partition coefficient (Wildman–Crippen LogP) is 4.31. The molecule has 9 nitrogen and oxygen atoms in total. The zero-order chi connectivity index (χ0) is 27.3. The molecule has 0 atom stereocenters. The highest BCUT2D eigenvalue weighted by Gasteiger charge is 2.25. The second kappa shape index (κ2) is 11.8. The van der Waals surface area contributed by atoms with Gasteiger partial charge in [-0.25, -0.2) is 9.37 Å². The molecule has 0 unspecified atom stereocenters. The van der Waals surface area contributed by atoms with Crippen LogP contribution < -0.4 is 9.64 Å². The van der Waals surface area contributed by atoms with Crippen LogP contribution in [-0.2, 0) is 11.3 Å². The van der Waals surface area contributed by atoms with Crippen LogP contribution >= 0.6 is 23.2 Å². The Morgan fingerprint density at radius 1 is 1.14 bits per heavy atom. The summed E-state index contributed by atoms with van der Waals surface area (Å²) in [6, 6.07) is 10.2. The van der Waals surface area contributed by atoms with E-state index in [4.69, 9.17) is 27.9 Å². The summed E-state index contributed by atoms with van der Waals surface area (Å²) in [4.78, 5) is 49.0. The van der Waals surface area contributed by atoms with Crippen LogP contribution in [0, 0.1) is 17.1 Å². The summed E-state index contributed by atoms with van der Waals surface area (Å²) in [5.41, 5.74) is 0.293. The molecule has 0 N–H and O–H groups in total. The van der Waals surface area contributed by atoms with Crippen LogP contribution in [0.3, 0.4) is 0 Å². The van der Waals surface area contributed by atoms with Gasteiger partial charge in [-0.05, 0) is 24.3 Å². The van der Waals surface area contributed by atoms with Crippen LogP contribution in [0.2, 0.25) is 10.0 Å². The number of amides is 2. The van der Waals surface area contributed by atoms with Gasteiger partial charge in [-0.15, -0.1) is 0 Å². The van der Waals surface area contributed by atoms with Crippen molar-refractivity contribution in [2.24, 2.45) is 0 Å². The van der Waals surface area contributed by atoms with Gasteiger partial charge in [0.1, 0.15) is 5.82 Å². The minimum Gasteiger partial charge on any atom is -0.481 e. The Morgan fingerprint density at radius 3 is 2.51 bits per heavy atom. The molecule has 2 amide bonds. The molecule has 0 fully saturated rings. The van der Waals surface area contributed by atoms with Gasteiger partial charge in [0, 0.05) is 43.2 Å². The Kier molecular flexibility index (Phi) is 8.76. The van der Waals surface area contributed by atoms with Gasteiger partial charge < -0.3 is 14.5 Å². The highest BCUT2D eigenvalue weighted by Crippen LogP contribution is 2.30. The van der Waals surface area contributed by atoms with Crippen molar-refractivity contribution in [3.8, 4) is 11.9 Å². The first-order chi connectivity index (χ1) is 17.5. The SMILES string of the molecule is COc1ccnc(C(=O)CC(=O)N(Cc2ccc(Cl)c(Cl)c2F)c2cc(C#N)cc(C(=O)N(C)C)c2)n1. The molecule has 1 aromatic heterocycles. The molecule has 0 saturated carbocycles. The van der Waals surface area contributed by atoms with Crippen molar-refractivity contribution in [2.45, 2.75) is 13.0 Å². The Labute approximate surface area is 222 Å². The zero-order valence-electron chi connectivity index (χ0n) is 20.0. The first-order valence-electron chi connectivity index (χ1n) is 10.7. The van der Waals surface area contributed by atoms with Gasteiger partial charge in [0.2, 0.25) is 17.6 Å². The van der Waals surface area contributed by atoms with Crippen LogP contribution in [0.25, 0.3) is 0 Å². The van der Waals surface area contributed by atoms with Crippen LogP contribution in [0.4, 0.5) is 10.1 Å². The number of aromatic nitrogens is 2. The first kappa shape index (κ1) is 27.5.